The molecule has 2 N–H and O–H groups in total. The Morgan fingerprint density at radius 3 is 3.07 bits per heavy atom. The third-order valence-corrected chi connectivity index (χ3v) is 2.22. The zero-order valence-corrected chi connectivity index (χ0v) is 7.41. The van der Waals surface area contributed by atoms with E-state index in [1.165, 1.54) is 12.5 Å². The van der Waals surface area contributed by atoms with Crippen LogP contribution in [0.4, 0.5) is 4.39 Å². The molecule has 0 aliphatic heterocycles. The molecular formula is C9H5FN4O. The van der Waals surface area contributed by atoms with E-state index in [2.05, 4.69) is 19.9 Å². The standard InChI is InChI=1S/C9H5FN4O/c10-5-1-4-2-11-7-6(4)8(13-3-12-7)14-9(5)15/h1-3H,(H2,11,12,13,14,15). The lowest BCUT2D eigenvalue weighted by molar-refractivity contribution is 0.613. The fourth-order valence-corrected chi connectivity index (χ4v) is 1.56. The van der Waals surface area contributed by atoms with Gasteiger partial charge < -0.3 is 9.97 Å². The molecule has 5 nitrogen and oxygen atoms in total. The van der Waals surface area contributed by atoms with Crippen molar-refractivity contribution in [1.82, 2.24) is 19.9 Å². The predicted molar refractivity (Wildman–Crippen MR) is 52.0 cm³/mol. The van der Waals surface area contributed by atoms with Crippen LogP contribution in [0.2, 0.25) is 0 Å². The normalized spacial score (nSPS) is 11.3. The molecule has 3 aromatic rings. The first-order chi connectivity index (χ1) is 7.25. The molecule has 0 bridgehead atoms. The van der Waals surface area contributed by atoms with E-state index < -0.39 is 11.4 Å². The molecule has 0 aromatic carbocycles. The summed E-state index contributed by atoms with van der Waals surface area (Å²) in [5, 5.41) is 1.17. The number of H-pyrrole nitrogens is 2. The van der Waals surface area contributed by atoms with Gasteiger partial charge in [0.15, 0.2) is 11.5 Å². The maximum Gasteiger partial charge on any atom is 0.285 e. The first-order valence-corrected chi connectivity index (χ1v) is 4.26. The summed E-state index contributed by atoms with van der Waals surface area (Å²) in [5.74, 6) is -0.839. The lowest BCUT2D eigenvalue weighted by atomic mass is 10.3. The smallest absolute Gasteiger partial charge is 0.285 e. The molecule has 0 atom stereocenters. The van der Waals surface area contributed by atoms with Crippen LogP contribution >= 0.6 is 0 Å². The van der Waals surface area contributed by atoms with Gasteiger partial charge in [-0.1, -0.05) is 0 Å². The van der Waals surface area contributed by atoms with Crippen LogP contribution in [-0.4, -0.2) is 19.9 Å². The molecular weight excluding hydrogens is 199 g/mol. The van der Waals surface area contributed by atoms with Crippen molar-refractivity contribution in [3.63, 3.8) is 0 Å². The predicted octanol–water partition coefficient (Wildman–Crippen LogP) is 0.939. The average Bonchev–Trinajstić information content (AvgIpc) is 2.57. The monoisotopic (exact) mass is 204 g/mol. The minimum atomic E-state index is -0.839. The van der Waals surface area contributed by atoms with E-state index in [1.54, 1.807) is 0 Å². The highest BCUT2D eigenvalue weighted by atomic mass is 19.1. The summed E-state index contributed by atoms with van der Waals surface area (Å²) in [5.41, 5.74) is 0.126. The highest BCUT2D eigenvalue weighted by Crippen LogP contribution is 2.19. The van der Waals surface area contributed by atoms with Crippen molar-refractivity contribution >= 4 is 22.1 Å². The Kier molecular flexibility index (Phi) is 1.42. The number of aromatic amines is 2. The topological polar surface area (TPSA) is 74.4 Å². The Labute approximate surface area is 82.0 Å². The molecule has 0 aliphatic carbocycles. The van der Waals surface area contributed by atoms with E-state index in [0.29, 0.717) is 22.1 Å². The highest BCUT2D eigenvalue weighted by molar-refractivity contribution is 6.03. The summed E-state index contributed by atoms with van der Waals surface area (Å²) in [7, 11) is 0. The Morgan fingerprint density at radius 2 is 2.20 bits per heavy atom. The second-order valence-corrected chi connectivity index (χ2v) is 3.14. The van der Waals surface area contributed by atoms with Gasteiger partial charge in [-0.25, -0.2) is 14.4 Å². The molecule has 3 aromatic heterocycles. The first kappa shape index (κ1) is 8.10. The Hall–Kier alpha value is -2.24. The van der Waals surface area contributed by atoms with Crippen LogP contribution in [0.5, 0.6) is 0 Å². The van der Waals surface area contributed by atoms with Crippen LogP contribution in [0, 0.1) is 5.82 Å². The van der Waals surface area contributed by atoms with Crippen molar-refractivity contribution in [3.05, 3.63) is 34.8 Å². The molecule has 0 saturated heterocycles. The van der Waals surface area contributed by atoms with Crippen LogP contribution in [0.1, 0.15) is 0 Å². The van der Waals surface area contributed by atoms with E-state index in [9.17, 15) is 9.18 Å². The fraction of sp³-hybridized carbons (Fsp3) is 0. The number of halogens is 1. The van der Waals surface area contributed by atoms with Crippen molar-refractivity contribution in [1.29, 1.82) is 0 Å². The number of hydrogen-bond donors (Lipinski definition) is 2. The summed E-state index contributed by atoms with van der Waals surface area (Å²) in [6, 6.07) is 1.15. The average molecular weight is 204 g/mol. The zero-order chi connectivity index (χ0) is 10.4. The minimum absolute atomic E-state index is 0.418. The van der Waals surface area contributed by atoms with Crippen molar-refractivity contribution in [2.24, 2.45) is 0 Å². The summed E-state index contributed by atoms with van der Waals surface area (Å²) in [4.78, 5) is 24.3. The molecule has 3 heterocycles. The van der Waals surface area contributed by atoms with Crippen molar-refractivity contribution in [3.8, 4) is 0 Å². The minimum Gasteiger partial charge on any atom is -0.332 e. The SMILES string of the molecule is O=c1[nH]c2[nH]cnc3ncc(cc1F)c32. The summed E-state index contributed by atoms with van der Waals surface area (Å²) in [6.45, 7) is 0. The van der Waals surface area contributed by atoms with Gasteiger partial charge in [-0.05, 0) is 6.07 Å². The van der Waals surface area contributed by atoms with Crippen LogP contribution < -0.4 is 5.56 Å². The van der Waals surface area contributed by atoms with Gasteiger partial charge in [0.1, 0.15) is 5.65 Å². The second-order valence-electron chi connectivity index (χ2n) is 3.14. The van der Waals surface area contributed by atoms with Crippen molar-refractivity contribution in [2.45, 2.75) is 0 Å². The Morgan fingerprint density at radius 1 is 1.33 bits per heavy atom. The van der Waals surface area contributed by atoms with Crippen LogP contribution in [0.15, 0.2) is 23.4 Å². The first-order valence-electron chi connectivity index (χ1n) is 4.26. The summed E-state index contributed by atoms with van der Waals surface area (Å²) >= 11 is 0. The molecule has 74 valence electrons. The Balaban J connectivity index is 2.74. The summed E-state index contributed by atoms with van der Waals surface area (Å²) < 4.78 is 13.2. The molecule has 15 heavy (non-hydrogen) atoms. The van der Waals surface area contributed by atoms with Gasteiger partial charge in [0.25, 0.3) is 5.56 Å². The fourth-order valence-electron chi connectivity index (χ4n) is 1.56. The quantitative estimate of drug-likeness (QED) is 0.572. The maximum atomic E-state index is 13.2. The molecule has 0 amide bonds. The van der Waals surface area contributed by atoms with E-state index in [-0.39, 0.29) is 0 Å². The van der Waals surface area contributed by atoms with Crippen molar-refractivity contribution < 1.29 is 4.39 Å². The van der Waals surface area contributed by atoms with Gasteiger partial charge in [0.2, 0.25) is 0 Å². The number of aromatic nitrogens is 4. The van der Waals surface area contributed by atoms with Crippen LogP contribution in [0.25, 0.3) is 22.1 Å². The van der Waals surface area contributed by atoms with Gasteiger partial charge in [-0.15, -0.1) is 0 Å². The van der Waals surface area contributed by atoms with Crippen LogP contribution in [-0.2, 0) is 0 Å². The third-order valence-electron chi connectivity index (χ3n) is 2.22. The number of rotatable bonds is 0. The van der Waals surface area contributed by atoms with Gasteiger partial charge in [0, 0.05) is 11.6 Å². The number of hydrogen-bond acceptors (Lipinski definition) is 3. The van der Waals surface area contributed by atoms with E-state index in [0.717, 1.165) is 6.07 Å². The molecule has 0 spiro atoms. The van der Waals surface area contributed by atoms with Gasteiger partial charge in [-0.2, -0.15) is 0 Å². The van der Waals surface area contributed by atoms with Gasteiger partial charge in [-0.3, -0.25) is 4.79 Å². The maximum absolute atomic E-state index is 13.2. The second kappa shape index (κ2) is 2.63. The zero-order valence-electron chi connectivity index (χ0n) is 7.41. The molecule has 6 heteroatoms. The molecule has 0 aliphatic rings. The van der Waals surface area contributed by atoms with E-state index in [4.69, 9.17) is 0 Å². The lowest BCUT2D eigenvalue weighted by Crippen LogP contribution is -2.06. The number of nitrogens with one attached hydrogen (secondary N) is 2. The third kappa shape index (κ3) is 1.04. The van der Waals surface area contributed by atoms with Gasteiger partial charge >= 0.3 is 0 Å². The van der Waals surface area contributed by atoms with E-state index in [1.807, 2.05) is 0 Å². The highest BCUT2D eigenvalue weighted by Gasteiger charge is 2.07. The van der Waals surface area contributed by atoms with E-state index >= 15 is 0 Å². The van der Waals surface area contributed by atoms with Crippen molar-refractivity contribution in [2.75, 3.05) is 0 Å². The Bertz CT molecular complexity index is 715. The summed E-state index contributed by atoms with van der Waals surface area (Å²) in [6.07, 6.45) is 2.88. The molecule has 0 unspecified atom stereocenters. The number of nitrogens with zero attached hydrogens (tertiary/aromatic N) is 2. The van der Waals surface area contributed by atoms with Crippen LogP contribution in [0.3, 0.4) is 0 Å². The molecule has 3 rings (SSSR count). The lowest BCUT2D eigenvalue weighted by Gasteiger charge is -1.90. The molecule has 0 fully saturated rings. The molecule has 0 saturated carbocycles. The van der Waals surface area contributed by atoms with Gasteiger partial charge in [0.05, 0.1) is 11.7 Å². The largest absolute Gasteiger partial charge is 0.332 e. The molecule has 0 radical (unpaired) electrons.